The van der Waals surface area contributed by atoms with Gasteiger partial charge in [-0.05, 0) is 49.7 Å². The Morgan fingerprint density at radius 3 is 2.56 bits per heavy atom. The number of benzene rings is 1. The van der Waals surface area contributed by atoms with Crippen LogP contribution < -0.4 is 5.73 Å². The molecule has 1 aliphatic heterocycles. The lowest BCUT2D eigenvalue weighted by atomic mass is 10.0. The zero-order valence-electron chi connectivity index (χ0n) is 11.4. The lowest BCUT2D eigenvalue weighted by molar-refractivity contribution is 0.353. The molecule has 2 aromatic rings. The molecule has 1 aliphatic rings. The summed E-state index contributed by atoms with van der Waals surface area (Å²) in [7, 11) is 2.17. The molecule has 0 spiro atoms. The van der Waals surface area contributed by atoms with Crippen molar-refractivity contribution in [2.75, 3.05) is 7.05 Å². The third kappa shape index (κ3) is 1.66. The fourth-order valence-electron chi connectivity index (χ4n) is 3.01. The Hall–Kier alpha value is -1.32. The predicted octanol–water partition coefficient (Wildman–Crippen LogP) is 2.63. The molecule has 1 unspecified atom stereocenters. The molecule has 96 valence electrons. The van der Waals surface area contributed by atoms with E-state index in [0.29, 0.717) is 0 Å². The Morgan fingerprint density at radius 2 is 1.94 bits per heavy atom. The maximum absolute atomic E-state index is 6.10. The van der Waals surface area contributed by atoms with Gasteiger partial charge in [-0.15, -0.1) is 0 Å². The lowest BCUT2D eigenvalue weighted by Gasteiger charge is -2.05. The Kier molecular flexibility index (Phi) is 2.68. The van der Waals surface area contributed by atoms with Crippen molar-refractivity contribution >= 4 is 10.9 Å². The van der Waals surface area contributed by atoms with Gasteiger partial charge in [0.15, 0.2) is 0 Å². The van der Waals surface area contributed by atoms with Crippen LogP contribution in [-0.2, 0) is 19.6 Å². The van der Waals surface area contributed by atoms with E-state index in [4.69, 9.17) is 5.73 Å². The van der Waals surface area contributed by atoms with Gasteiger partial charge in [-0.1, -0.05) is 0 Å². The Balaban J connectivity index is 2.26. The highest BCUT2D eigenvalue weighted by atomic mass is 15.1. The Bertz CT molecular complexity index is 595. The number of hydrogen-bond acceptors (Lipinski definition) is 2. The smallest absolute Gasteiger partial charge is 0.0487 e. The van der Waals surface area contributed by atoms with Crippen LogP contribution in [0.2, 0.25) is 0 Å². The number of nitrogens with two attached hydrogens (primary N) is 1. The third-order valence-corrected chi connectivity index (χ3v) is 3.95. The van der Waals surface area contributed by atoms with E-state index in [-0.39, 0.29) is 6.04 Å². The summed E-state index contributed by atoms with van der Waals surface area (Å²) in [6.45, 7) is 7.37. The molecule has 1 aromatic carbocycles. The van der Waals surface area contributed by atoms with Crippen LogP contribution in [0, 0.1) is 0 Å². The van der Waals surface area contributed by atoms with Gasteiger partial charge < -0.3 is 10.3 Å². The lowest BCUT2D eigenvalue weighted by Crippen LogP contribution is -2.07. The molecule has 0 bridgehead atoms. The average Bonchev–Trinajstić information content (AvgIpc) is 2.84. The number of hydrogen-bond donors (Lipinski definition) is 1. The second-order valence-electron chi connectivity index (χ2n) is 5.47. The number of aryl methyl sites for hydroxylation is 1. The zero-order valence-corrected chi connectivity index (χ0v) is 11.4. The molecule has 2 N–H and O–H groups in total. The zero-order chi connectivity index (χ0) is 12.9. The van der Waals surface area contributed by atoms with E-state index < -0.39 is 0 Å². The average molecular weight is 243 g/mol. The van der Waals surface area contributed by atoms with Crippen LogP contribution in [0.3, 0.4) is 0 Å². The van der Waals surface area contributed by atoms with Crippen LogP contribution in [0.5, 0.6) is 0 Å². The fourth-order valence-corrected chi connectivity index (χ4v) is 3.01. The minimum atomic E-state index is 0.0949. The number of aromatic nitrogens is 1. The molecule has 0 amide bonds. The van der Waals surface area contributed by atoms with Gasteiger partial charge in [0.25, 0.3) is 0 Å². The van der Waals surface area contributed by atoms with Gasteiger partial charge in [0.2, 0.25) is 0 Å². The minimum absolute atomic E-state index is 0.0949. The normalized spacial score (nSPS) is 17.3. The van der Waals surface area contributed by atoms with Crippen molar-refractivity contribution in [1.29, 1.82) is 0 Å². The monoisotopic (exact) mass is 243 g/mol. The van der Waals surface area contributed by atoms with Gasteiger partial charge in [-0.2, -0.15) is 0 Å². The first-order valence-corrected chi connectivity index (χ1v) is 6.68. The van der Waals surface area contributed by atoms with Crippen molar-refractivity contribution in [2.24, 2.45) is 5.73 Å². The van der Waals surface area contributed by atoms with Crippen molar-refractivity contribution in [3.8, 4) is 0 Å². The standard InChI is InChI=1S/C15H21N3/c1-4-18-9-14(10(2)16)13-5-11-7-17(3)8-12(11)6-15(13)18/h5-6,9-10H,4,7-8,16H2,1-3H3. The summed E-state index contributed by atoms with van der Waals surface area (Å²) in [6.07, 6.45) is 2.22. The summed E-state index contributed by atoms with van der Waals surface area (Å²) >= 11 is 0. The Morgan fingerprint density at radius 1 is 1.28 bits per heavy atom. The summed E-state index contributed by atoms with van der Waals surface area (Å²) in [6, 6.07) is 4.79. The van der Waals surface area contributed by atoms with E-state index in [1.54, 1.807) is 0 Å². The van der Waals surface area contributed by atoms with E-state index in [2.05, 4.69) is 48.7 Å². The highest BCUT2D eigenvalue weighted by Crippen LogP contribution is 2.32. The van der Waals surface area contributed by atoms with Crippen molar-refractivity contribution in [3.05, 3.63) is 35.0 Å². The predicted molar refractivity (Wildman–Crippen MR) is 75.4 cm³/mol. The van der Waals surface area contributed by atoms with Crippen LogP contribution in [0.4, 0.5) is 0 Å². The maximum Gasteiger partial charge on any atom is 0.0487 e. The van der Waals surface area contributed by atoms with Crippen LogP contribution in [-0.4, -0.2) is 16.5 Å². The largest absolute Gasteiger partial charge is 0.347 e. The molecule has 1 aromatic heterocycles. The summed E-state index contributed by atoms with van der Waals surface area (Å²) in [5.74, 6) is 0. The fraction of sp³-hybridized carbons (Fsp3) is 0.467. The summed E-state index contributed by atoms with van der Waals surface area (Å²) < 4.78 is 2.31. The first kappa shape index (κ1) is 11.8. The third-order valence-electron chi connectivity index (χ3n) is 3.95. The van der Waals surface area contributed by atoms with Crippen LogP contribution in [0.1, 0.15) is 36.6 Å². The molecule has 2 heterocycles. The van der Waals surface area contributed by atoms with Gasteiger partial charge >= 0.3 is 0 Å². The van der Waals surface area contributed by atoms with E-state index in [1.807, 2.05) is 0 Å². The molecule has 18 heavy (non-hydrogen) atoms. The van der Waals surface area contributed by atoms with Crippen LogP contribution >= 0.6 is 0 Å². The first-order chi connectivity index (χ1) is 8.60. The van der Waals surface area contributed by atoms with Crippen molar-refractivity contribution in [2.45, 2.75) is 39.5 Å². The summed E-state index contributed by atoms with van der Waals surface area (Å²) in [5.41, 5.74) is 11.6. The van der Waals surface area contributed by atoms with E-state index in [0.717, 1.165) is 19.6 Å². The highest BCUT2D eigenvalue weighted by molar-refractivity contribution is 5.86. The summed E-state index contributed by atoms with van der Waals surface area (Å²) in [4.78, 5) is 2.35. The number of rotatable bonds is 2. The molecular formula is C15H21N3. The van der Waals surface area contributed by atoms with E-state index >= 15 is 0 Å². The number of nitrogens with zero attached hydrogens (tertiary/aromatic N) is 2. The van der Waals surface area contributed by atoms with Gasteiger partial charge in [0.05, 0.1) is 0 Å². The SMILES string of the molecule is CCn1cc(C(C)N)c2cc3c(cc21)CN(C)C3. The molecular weight excluding hydrogens is 222 g/mol. The van der Waals surface area contributed by atoms with E-state index in [9.17, 15) is 0 Å². The quantitative estimate of drug-likeness (QED) is 0.880. The van der Waals surface area contributed by atoms with Gasteiger partial charge in [0, 0.05) is 42.8 Å². The molecule has 0 saturated heterocycles. The van der Waals surface area contributed by atoms with Crippen LogP contribution in [0.25, 0.3) is 10.9 Å². The maximum atomic E-state index is 6.10. The molecule has 0 aliphatic carbocycles. The van der Waals surface area contributed by atoms with Crippen molar-refractivity contribution in [1.82, 2.24) is 9.47 Å². The van der Waals surface area contributed by atoms with E-state index in [1.165, 1.54) is 27.6 Å². The molecule has 0 fully saturated rings. The minimum Gasteiger partial charge on any atom is -0.347 e. The molecule has 3 rings (SSSR count). The number of fused-ring (bicyclic) bond motifs is 2. The Labute approximate surface area is 108 Å². The van der Waals surface area contributed by atoms with Crippen molar-refractivity contribution < 1.29 is 0 Å². The second kappa shape index (κ2) is 4.11. The topological polar surface area (TPSA) is 34.2 Å². The molecule has 3 heteroatoms. The first-order valence-electron chi connectivity index (χ1n) is 6.68. The molecule has 1 atom stereocenters. The van der Waals surface area contributed by atoms with Gasteiger partial charge in [0.1, 0.15) is 0 Å². The molecule has 0 saturated carbocycles. The summed E-state index contributed by atoms with van der Waals surface area (Å²) in [5, 5.41) is 1.33. The second-order valence-corrected chi connectivity index (χ2v) is 5.47. The van der Waals surface area contributed by atoms with Gasteiger partial charge in [-0.3, -0.25) is 4.90 Å². The highest BCUT2D eigenvalue weighted by Gasteiger charge is 2.19. The van der Waals surface area contributed by atoms with Gasteiger partial charge in [-0.25, -0.2) is 0 Å². The van der Waals surface area contributed by atoms with Crippen molar-refractivity contribution in [3.63, 3.8) is 0 Å². The molecule has 0 radical (unpaired) electrons. The molecule has 3 nitrogen and oxygen atoms in total. The van der Waals surface area contributed by atoms with Crippen LogP contribution in [0.15, 0.2) is 18.3 Å².